The van der Waals surface area contributed by atoms with Gasteiger partial charge in [-0.2, -0.15) is 0 Å². The molecule has 0 aliphatic heterocycles. The number of methoxy groups -OCH3 is 1. The van der Waals surface area contributed by atoms with E-state index in [0.717, 1.165) is 4.47 Å². The molecule has 0 spiro atoms. The average molecular weight is 246 g/mol. The first-order valence-electron chi connectivity index (χ1n) is 4.40. The first kappa shape index (κ1) is 12.8. The molecule has 6 nitrogen and oxygen atoms in total. The number of hydrogen-bond donors (Lipinski definition) is 1. The van der Waals surface area contributed by atoms with Gasteiger partial charge in [0.05, 0.1) is 14.2 Å². The molecule has 2 N–H and O–H groups in total. The Bertz CT molecular complexity index is 472. The lowest BCUT2D eigenvalue weighted by Crippen LogP contribution is -2.26. The zero-order valence-corrected chi connectivity index (χ0v) is 10.1. The Kier molecular flexibility index (Phi) is 3.74. The zero-order chi connectivity index (χ0) is 12.3. The monoisotopic (exact) mass is 246 g/mol. The summed E-state index contributed by atoms with van der Waals surface area (Å²) >= 11 is 0. The van der Waals surface area contributed by atoms with Gasteiger partial charge < -0.3 is 10.5 Å². The molecule has 0 heterocycles. The van der Waals surface area contributed by atoms with Crippen LogP contribution >= 0.6 is 0 Å². The number of anilines is 1. The van der Waals surface area contributed by atoms with Crippen LogP contribution in [-0.2, 0) is 14.9 Å². The largest absolute Gasteiger partial charge is 0.495 e. The van der Waals surface area contributed by atoms with Gasteiger partial charge in [0.1, 0.15) is 10.6 Å². The van der Waals surface area contributed by atoms with Gasteiger partial charge in [0.25, 0.3) is 10.0 Å². The summed E-state index contributed by atoms with van der Waals surface area (Å²) in [5, 5.41) is 0. The quantitative estimate of drug-likeness (QED) is 0.616. The molecule has 0 bridgehead atoms. The van der Waals surface area contributed by atoms with E-state index in [2.05, 4.69) is 4.84 Å². The van der Waals surface area contributed by atoms with Gasteiger partial charge in [-0.25, -0.2) is 8.42 Å². The molecule has 0 fully saturated rings. The molecule has 0 amide bonds. The summed E-state index contributed by atoms with van der Waals surface area (Å²) in [6.07, 6.45) is 0. The second kappa shape index (κ2) is 4.69. The number of nitrogens with two attached hydrogens (primary N) is 1. The van der Waals surface area contributed by atoms with Crippen LogP contribution in [-0.4, -0.2) is 34.2 Å². The van der Waals surface area contributed by atoms with Crippen molar-refractivity contribution in [3.63, 3.8) is 0 Å². The summed E-state index contributed by atoms with van der Waals surface area (Å²) in [5.41, 5.74) is 5.96. The van der Waals surface area contributed by atoms with Crippen LogP contribution in [0.3, 0.4) is 0 Å². The maximum absolute atomic E-state index is 11.9. The van der Waals surface area contributed by atoms with Crippen molar-refractivity contribution in [1.29, 1.82) is 0 Å². The minimum atomic E-state index is -3.72. The molecule has 0 aliphatic rings. The number of nitrogen functional groups attached to an aromatic ring is 1. The fourth-order valence-electron chi connectivity index (χ4n) is 1.13. The number of hydrogen-bond acceptors (Lipinski definition) is 5. The SMILES string of the molecule is COc1cc(N)ccc1S(=O)(=O)N(C)OC. The average Bonchev–Trinajstić information content (AvgIpc) is 2.27. The Morgan fingerprint density at radius 1 is 1.31 bits per heavy atom. The van der Waals surface area contributed by atoms with E-state index in [1.54, 1.807) is 0 Å². The summed E-state index contributed by atoms with van der Waals surface area (Å²) in [6.45, 7) is 0. The second-order valence-electron chi connectivity index (χ2n) is 3.01. The summed E-state index contributed by atoms with van der Waals surface area (Å²) in [6, 6.07) is 4.30. The minimum absolute atomic E-state index is 0.00792. The Hall–Kier alpha value is -1.31. The third-order valence-electron chi connectivity index (χ3n) is 2.06. The van der Waals surface area contributed by atoms with Crippen molar-refractivity contribution in [2.75, 3.05) is 27.0 Å². The van der Waals surface area contributed by atoms with Gasteiger partial charge in [-0.05, 0) is 12.1 Å². The van der Waals surface area contributed by atoms with Gasteiger partial charge in [-0.15, -0.1) is 0 Å². The number of ether oxygens (including phenoxy) is 1. The molecule has 0 aliphatic carbocycles. The third kappa shape index (κ3) is 2.26. The molecule has 0 aromatic heterocycles. The lowest BCUT2D eigenvalue weighted by atomic mass is 10.3. The van der Waals surface area contributed by atoms with E-state index in [1.165, 1.54) is 39.5 Å². The van der Waals surface area contributed by atoms with Gasteiger partial charge >= 0.3 is 0 Å². The fourth-order valence-corrected chi connectivity index (χ4v) is 2.24. The van der Waals surface area contributed by atoms with E-state index in [9.17, 15) is 8.42 Å². The predicted octanol–water partition coefficient (Wildman–Crippen LogP) is 0.459. The van der Waals surface area contributed by atoms with Crippen LogP contribution in [0.25, 0.3) is 0 Å². The van der Waals surface area contributed by atoms with Crippen molar-refractivity contribution in [2.24, 2.45) is 0 Å². The predicted molar refractivity (Wildman–Crippen MR) is 59.4 cm³/mol. The lowest BCUT2D eigenvalue weighted by molar-refractivity contribution is -0.0259. The fraction of sp³-hybridized carbons (Fsp3) is 0.333. The molecule has 16 heavy (non-hydrogen) atoms. The molecule has 1 aromatic rings. The molecular weight excluding hydrogens is 232 g/mol. The van der Waals surface area contributed by atoms with Gasteiger partial charge in [-0.3, -0.25) is 4.84 Å². The highest BCUT2D eigenvalue weighted by atomic mass is 32.2. The van der Waals surface area contributed by atoms with Crippen molar-refractivity contribution in [3.8, 4) is 5.75 Å². The van der Waals surface area contributed by atoms with Crippen LogP contribution in [0.2, 0.25) is 0 Å². The summed E-state index contributed by atoms with van der Waals surface area (Å²) in [4.78, 5) is 4.67. The van der Waals surface area contributed by atoms with E-state index in [1.807, 2.05) is 0 Å². The molecule has 90 valence electrons. The maximum Gasteiger partial charge on any atom is 0.268 e. The Morgan fingerprint density at radius 3 is 2.44 bits per heavy atom. The number of sulfonamides is 1. The van der Waals surface area contributed by atoms with Crippen molar-refractivity contribution in [3.05, 3.63) is 18.2 Å². The van der Waals surface area contributed by atoms with Gasteiger partial charge in [-0.1, -0.05) is 4.47 Å². The van der Waals surface area contributed by atoms with Gasteiger partial charge in [0.15, 0.2) is 0 Å². The standard InChI is InChI=1S/C9H14N2O4S/c1-11(15-3)16(12,13)9-5-4-7(10)6-8(9)14-2/h4-6H,10H2,1-3H3. The zero-order valence-electron chi connectivity index (χ0n) is 9.30. The lowest BCUT2D eigenvalue weighted by Gasteiger charge is -2.16. The van der Waals surface area contributed by atoms with Crippen molar-refractivity contribution < 1.29 is 18.0 Å². The van der Waals surface area contributed by atoms with Crippen LogP contribution in [0.5, 0.6) is 5.75 Å². The Labute approximate surface area is 94.6 Å². The van der Waals surface area contributed by atoms with E-state index in [-0.39, 0.29) is 10.6 Å². The summed E-state index contributed by atoms with van der Waals surface area (Å²) in [7, 11) is 0.220. The van der Waals surface area contributed by atoms with Crippen molar-refractivity contribution >= 4 is 15.7 Å². The Balaban J connectivity index is 3.33. The van der Waals surface area contributed by atoms with Gasteiger partial charge in [0.2, 0.25) is 0 Å². The molecule has 1 rings (SSSR count). The number of nitrogens with zero attached hydrogens (tertiary/aromatic N) is 1. The second-order valence-corrected chi connectivity index (χ2v) is 4.91. The van der Waals surface area contributed by atoms with E-state index >= 15 is 0 Å². The smallest absolute Gasteiger partial charge is 0.268 e. The first-order chi connectivity index (χ1) is 7.43. The third-order valence-corrected chi connectivity index (χ3v) is 3.78. The van der Waals surface area contributed by atoms with E-state index < -0.39 is 10.0 Å². The molecule has 7 heteroatoms. The van der Waals surface area contributed by atoms with Crippen molar-refractivity contribution in [2.45, 2.75) is 4.90 Å². The number of hydroxylamine groups is 1. The Morgan fingerprint density at radius 2 is 1.94 bits per heavy atom. The maximum atomic E-state index is 11.9. The molecule has 0 saturated carbocycles. The van der Waals surface area contributed by atoms with Gasteiger partial charge in [0, 0.05) is 18.8 Å². The summed E-state index contributed by atoms with van der Waals surface area (Å²) in [5.74, 6) is 0.184. The molecule has 0 unspecified atom stereocenters. The van der Waals surface area contributed by atoms with Crippen LogP contribution in [0.4, 0.5) is 5.69 Å². The molecule has 0 radical (unpaired) electrons. The van der Waals surface area contributed by atoms with Crippen LogP contribution < -0.4 is 10.5 Å². The molecule has 0 saturated heterocycles. The topological polar surface area (TPSA) is 81.9 Å². The molecule has 0 atom stereocenters. The highest BCUT2D eigenvalue weighted by molar-refractivity contribution is 7.89. The molecular formula is C9H14N2O4S. The number of rotatable bonds is 4. The highest BCUT2D eigenvalue weighted by Gasteiger charge is 2.24. The highest BCUT2D eigenvalue weighted by Crippen LogP contribution is 2.27. The van der Waals surface area contributed by atoms with E-state index in [0.29, 0.717) is 5.69 Å². The number of benzene rings is 1. The van der Waals surface area contributed by atoms with Crippen molar-refractivity contribution in [1.82, 2.24) is 4.47 Å². The van der Waals surface area contributed by atoms with Crippen LogP contribution in [0.1, 0.15) is 0 Å². The summed E-state index contributed by atoms with van der Waals surface area (Å²) < 4.78 is 29.6. The van der Waals surface area contributed by atoms with E-state index in [4.69, 9.17) is 10.5 Å². The van der Waals surface area contributed by atoms with Crippen LogP contribution in [0.15, 0.2) is 23.1 Å². The molecule has 1 aromatic carbocycles. The van der Waals surface area contributed by atoms with Crippen LogP contribution in [0, 0.1) is 0 Å². The normalized spacial score (nSPS) is 11.8. The first-order valence-corrected chi connectivity index (χ1v) is 5.84. The minimum Gasteiger partial charge on any atom is -0.495 e.